The van der Waals surface area contributed by atoms with Crippen LogP contribution in [0.4, 0.5) is 0 Å². The summed E-state index contributed by atoms with van der Waals surface area (Å²) in [4.78, 5) is 0. The Balaban J connectivity index is 2.65. The van der Waals surface area contributed by atoms with E-state index in [-0.39, 0.29) is 0 Å². The normalized spacial score (nSPS) is 35.8. The highest BCUT2D eigenvalue weighted by Crippen LogP contribution is 2.26. The third-order valence-electron chi connectivity index (χ3n) is 1.21. The van der Waals surface area contributed by atoms with Crippen LogP contribution < -0.4 is 0 Å². The molecule has 0 aliphatic heterocycles. The van der Waals surface area contributed by atoms with E-state index in [1.54, 1.807) is 0 Å². The van der Waals surface area contributed by atoms with Gasteiger partial charge in [-0.3, -0.25) is 0 Å². The molecule has 0 saturated heterocycles. The summed E-state index contributed by atoms with van der Waals surface area (Å²) in [5.74, 6) is 0. The molecule has 44 valence electrons. The summed E-state index contributed by atoms with van der Waals surface area (Å²) in [6.45, 7) is 2.23. The first kappa shape index (κ1) is 6.33. The summed E-state index contributed by atoms with van der Waals surface area (Å²) in [6.07, 6.45) is 9.81. The van der Waals surface area contributed by atoms with E-state index in [4.69, 9.17) is 0 Å². The second-order valence-corrected chi connectivity index (χ2v) is 4.73. The van der Waals surface area contributed by atoms with Crippen molar-refractivity contribution in [3.8, 4) is 0 Å². The van der Waals surface area contributed by atoms with Gasteiger partial charge < -0.3 is 0 Å². The lowest BCUT2D eigenvalue weighted by Crippen LogP contribution is -2.10. The molecule has 1 heteroatoms. The zero-order chi connectivity index (χ0) is 6.04. The molecule has 0 aromatic rings. The van der Waals surface area contributed by atoms with Gasteiger partial charge in [0.25, 0.3) is 0 Å². The second kappa shape index (κ2) is 2.21. The lowest BCUT2D eigenvalue weighted by atomic mass is 10.0. The van der Waals surface area contributed by atoms with E-state index in [1.165, 1.54) is 6.42 Å². The van der Waals surface area contributed by atoms with Crippen LogP contribution in [0.15, 0.2) is 24.3 Å². The van der Waals surface area contributed by atoms with Crippen molar-refractivity contribution < 1.29 is 0 Å². The highest BCUT2D eigenvalue weighted by atomic mass is 127. The van der Waals surface area contributed by atoms with Crippen molar-refractivity contribution >= 4 is 22.6 Å². The van der Waals surface area contributed by atoms with Crippen molar-refractivity contribution in [2.24, 2.45) is 0 Å². The summed E-state index contributed by atoms with van der Waals surface area (Å²) < 4.78 is 0.381. The molecule has 0 aromatic carbocycles. The van der Waals surface area contributed by atoms with E-state index in [0.29, 0.717) is 3.42 Å². The lowest BCUT2D eigenvalue weighted by molar-refractivity contribution is 0.836. The Labute approximate surface area is 63.8 Å². The third kappa shape index (κ3) is 1.62. The van der Waals surface area contributed by atoms with Gasteiger partial charge in [-0.2, -0.15) is 0 Å². The minimum absolute atomic E-state index is 0.381. The molecule has 0 bridgehead atoms. The molecule has 0 N–H and O–H groups in total. The summed E-state index contributed by atoms with van der Waals surface area (Å²) >= 11 is 2.45. The van der Waals surface area contributed by atoms with Crippen LogP contribution >= 0.6 is 22.6 Å². The van der Waals surface area contributed by atoms with E-state index in [1.807, 2.05) is 0 Å². The summed E-state index contributed by atoms with van der Waals surface area (Å²) in [5.41, 5.74) is 0. The first-order valence-corrected chi connectivity index (χ1v) is 3.82. The number of halogens is 1. The fourth-order valence-electron chi connectivity index (χ4n) is 0.701. The van der Waals surface area contributed by atoms with Crippen molar-refractivity contribution in [3.63, 3.8) is 0 Å². The molecule has 0 spiro atoms. The molecule has 1 aliphatic carbocycles. The van der Waals surface area contributed by atoms with Gasteiger partial charge in [-0.25, -0.2) is 0 Å². The molecule has 0 radical (unpaired) electrons. The molecule has 0 heterocycles. The van der Waals surface area contributed by atoms with Gasteiger partial charge in [0.2, 0.25) is 0 Å². The molecular formula is C7H9I. The first-order valence-electron chi connectivity index (χ1n) is 2.74. The average molecular weight is 220 g/mol. The quantitative estimate of drug-likeness (QED) is 0.435. The first-order chi connectivity index (χ1) is 3.71. The van der Waals surface area contributed by atoms with Gasteiger partial charge in [0.1, 0.15) is 0 Å². The van der Waals surface area contributed by atoms with Gasteiger partial charge in [-0.15, -0.1) is 0 Å². The molecule has 0 unspecified atom stereocenters. The zero-order valence-electron chi connectivity index (χ0n) is 4.89. The largest absolute Gasteiger partial charge is 0.0829 e. The maximum Gasteiger partial charge on any atom is 0.0410 e. The van der Waals surface area contributed by atoms with Crippen LogP contribution in [0.5, 0.6) is 0 Å². The molecule has 0 fully saturated rings. The Morgan fingerprint density at radius 2 is 2.25 bits per heavy atom. The molecule has 1 aliphatic rings. The lowest BCUT2D eigenvalue weighted by Gasteiger charge is -2.16. The van der Waals surface area contributed by atoms with Gasteiger partial charge in [-0.05, 0) is 13.3 Å². The second-order valence-electron chi connectivity index (χ2n) is 2.27. The predicted octanol–water partition coefficient (Wildman–Crippen LogP) is 2.70. The van der Waals surface area contributed by atoms with E-state index in [9.17, 15) is 0 Å². The Morgan fingerprint density at radius 1 is 1.50 bits per heavy atom. The number of rotatable bonds is 0. The van der Waals surface area contributed by atoms with Crippen LogP contribution in [-0.2, 0) is 0 Å². The summed E-state index contributed by atoms with van der Waals surface area (Å²) in [6, 6.07) is 0. The van der Waals surface area contributed by atoms with Crippen LogP contribution in [-0.4, -0.2) is 3.42 Å². The molecule has 1 rings (SSSR count). The van der Waals surface area contributed by atoms with Crippen molar-refractivity contribution in [1.29, 1.82) is 0 Å². The molecule has 0 nitrogen and oxygen atoms in total. The zero-order valence-corrected chi connectivity index (χ0v) is 7.05. The summed E-state index contributed by atoms with van der Waals surface area (Å²) in [7, 11) is 0. The fraction of sp³-hybridized carbons (Fsp3) is 0.429. The van der Waals surface area contributed by atoms with Gasteiger partial charge >= 0.3 is 0 Å². The van der Waals surface area contributed by atoms with Crippen LogP contribution in [0.3, 0.4) is 0 Å². The average Bonchev–Trinajstić information content (AvgIpc) is 1.65. The summed E-state index contributed by atoms with van der Waals surface area (Å²) in [5, 5.41) is 0. The maximum atomic E-state index is 2.45. The molecule has 0 aromatic heterocycles. The van der Waals surface area contributed by atoms with Crippen LogP contribution in [0.25, 0.3) is 0 Å². The van der Waals surface area contributed by atoms with Gasteiger partial charge in [0.15, 0.2) is 0 Å². The maximum absolute atomic E-state index is 2.45. The fourth-order valence-corrected chi connectivity index (χ4v) is 1.16. The minimum Gasteiger partial charge on any atom is -0.0829 e. The van der Waals surface area contributed by atoms with E-state index < -0.39 is 0 Å². The van der Waals surface area contributed by atoms with E-state index >= 15 is 0 Å². The Kier molecular flexibility index (Phi) is 1.75. The SMILES string of the molecule is C[C@]1(I)C=CC=CC1. The van der Waals surface area contributed by atoms with Crippen molar-refractivity contribution in [3.05, 3.63) is 24.3 Å². The van der Waals surface area contributed by atoms with Gasteiger partial charge in [-0.1, -0.05) is 46.9 Å². The number of alkyl halides is 1. The molecule has 0 amide bonds. The van der Waals surface area contributed by atoms with Crippen LogP contribution in [0, 0.1) is 0 Å². The number of allylic oxidation sites excluding steroid dienone is 4. The van der Waals surface area contributed by atoms with Crippen molar-refractivity contribution in [1.82, 2.24) is 0 Å². The van der Waals surface area contributed by atoms with Crippen LogP contribution in [0.1, 0.15) is 13.3 Å². The van der Waals surface area contributed by atoms with Crippen molar-refractivity contribution in [2.75, 3.05) is 0 Å². The molecule has 1 atom stereocenters. The predicted molar refractivity (Wildman–Crippen MR) is 45.3 cm³/mol. The minimum atomic E-state index is 0.381. The van der Waals surface area contributed by atoms with Crippen LogP contribution in [0.2, 0.25) is 0 Å². The van der Waals surface area contributed by atoms with Crippen molar-refractivity contribution in [2.45, 2.75) is 16.8 Å². The van der Waals surface area contributed by atoms with Gasteiger partial charge in [0.05, 0.1) is 0 Å². The monoisotopic (exact) mass is 220 g/mol. The molecular weight excluding hydrogens is 211 g/mol. The highest BCUT2D eigenvalue weighted by Gasteiger charge is 2.14. The molecule has 8 heavy (non-hydrogen) atoms. The standard InChI is InChI=1S/C7H9I/c1-7(8)5-3-2-4-6-7/h2-5H,6H2,1H3/t7-/m0/s1. The Bertz CT molecular complexity index is 131. The highest BCUT2D eigenvalue weighted by molar-refractivity contribution is 14.1. The topological polar surface area (TPSA) is 0 Å². The number of hydrogen-bond acceptors (Lipinski definition) is 0. The molecule has 0 saturated carbocycles. The third-order valence-corrected chi connectivity index (χ3v) is 2.01. The van der Waals surface area contributed by atoms with E-state index in [2.05, 4.69) is 53.8 Å². The Hall–Kier alpha value is 0.210. The Morgan fingerprint density at radius 3 is 2.50 bits per heavy atom. The smallest absolute Gasteiger partial charge is 0.0410 e. The number of hydrogen-bond donors (Lipinski definition) is 0. The van der Waals surface area contributed by atoms with E-state index in [0.717, 1.165) is 0 Å². The van der Waals surface area contributed by atoms with Gasteiger partial charge in [0, 0.05) is 3.42 Å².